The highest BCUT2D eigenvalue weighted by molar-refractivity contribution is 5.97. The molecule has 0 saturated carbocycles. The van der Waals surface area contributed by atoms with Crippen LogP contribution in [0.2, 0.25) is 0 Å². The average Bonchev–Trinajstić information content (AvgIpc) is 3.53. The lowest BCUT2D eigenvalue weighted by molar-refractivity contribution is -0.123. The molecule has 3 aromatic heterocycles. The number of nitrogens with one attached hydrogen (secondary N) is 4. The maximum Gasteiger partial charge on any atom is 0.226 e. The number of benzene rings is 1. The van der Waals surface area contributed by atoms with Crippen LogP contribution in [0.15, 0.2) is 48.6 Å². The summed E-state index contributed by atoms with van der Waals surface area (Å²) in [4.78, 5) is 27.4. The molecule has 4 N–H and O–H groups in total. The molecule has 36 heavy (non-hydrogen) atoms. The molecule has 9 nitrogen and oxygen atoms in total. The first-order chi connectivity index (χ1) is 17.6. The number of carbonyl (C=O) groups is 1. The second-order valence-corrected chi connectivity index (χ2v) is 9.81. The largest absolute Gasteiger partial charge is 0.385 e. The summed E-state index contributed by atoms with van der Waals surface area (Å²) in [5.74, 6) is 0.663. The molecule has 4 aromatic rings. The number of dihydropyridines is 1. The molecule has 0 spiro atoms. The molecule has 9 heteroatoms. The first-order valence-corrected chi connectivity index (χ1v) is 12.6. The van der Waals surface area contributed by atoms with Gasteiger partial charge in [-0.2, -0.15) is 5.10 Å². The van der Waals surface area contributed by atoms with E-state index in [1.165, 1.54) is 19.3 Å². The number of pyridine rings is 1. The number of piperidine rings is 1. The third-order valence-corrected chi connectivity index (χ3v) is 6.88. The summed E-state index contributed by atoms with van der Waals surface area (Å²) >= 11 is 0. The van der Waals surface area contributed by atoms with Gasteiger partial charge >= 0.3 is 0 Å². The van der Waals surface area contributed by atoms with E-state index in [0.717, 1.165) is 69.1 Å². The first-order valence-electron chi connectivity index (χ1n) is 12.6. The van der Waals surface area contributed by atoms with Crippen molar-refractivity contribution < 1.29 is 4.79 Å². The van der Waals surface area contributed by atoms with Crippen molar-refractivity contribution in [1.29, 1.82) is 0 Å². The van der Waals surface area contributed by atoms with E-state index in [1.807, 2.05) is 44.6 Å². The number of carbonyl (C=O) groups excluding carboxylic acids is 1. The number of rotatable bonds is 5. The summed E-state index contributed by atoms with van der Waals surface area (Å²) in [6, 6.07) is 6.20. The molecule has 6 rings (SSSR count). The molecule has 0 unspecified atom stereocenters. The number of fused-ring (bicyclic) bond motifs is 2. The molecule has 1 aromatic carbocycles. The number of anilines is 1. The minimum absolute atomic E-state index is 0.0140. The normalized spacial score (nSPS) is 16.2. The quantitative estimate of drug-likeness (QED) is 0.341. The van der Waals surface area contributed by atoms with E-state index in [2.05, 4.69) is 47.8 Å². The number of aromatic nitrogens is 5. The van der Waals surface area contributed by atoms with Gasteiger partial charge < -0.3 is 20.5 Å². The smallest absolute Gasteiger partial charge is 0.226 e. The molecule has 0 atom stereocenters. The van der Waals surface area contributed by atoms with E-state index < -0.39 is 0 Å². The molecule has 184 valence electrons. The van der Waals surface area contributed by atoms with Gasteiger partial charge in [-0.15, -0.1) is 0 Å². The van der Waals surface area contributed by atoms with E-state index >= 15 is 0 Å². The summed E-state index contributed by atoms with van der Waals surface area (Å²) in [5.41, 5.74) is 7.51. The molecular weight excluding hydrogens is 452 g/mol. The molecule has 5 heterocycles. The van der Waals surface area contributed by atoms with E-state index in [4.69, 9.17) is 4.98 Å². The topological polar surface area (TPSA) is 115 Å². The van der Waals surface area contributed by atoms with Gasteiger partial charge in [0.25, 0.3) is 0 Å². The number of nitrogens with zero attached hydrogens (tertiary/aromatic N) is 4. The highest BCUT2D eigenvalue weighted by atomic mass is 16.1. The molecule has 1 saturated heterocycles. The second-order valence-electron chi connectivity index (χ2n) is 9.81. The fourth-order valence-electron chi connectivity index (χ4n) is 4.87. The van der Waals surface area contributed by atoms with Gasteiger partial charge in [0.2, 0.25) is 5.91 Å². The zero-order chi connectivity index (χ0) is 24.6. The van der Waals surface area contributed by atoms with Crippen LogP contribution in [0.5, 0.6) is 0 Å². The summed E-state index contributed by atoms with van der Waals surface area (Å²) < 4.78 is 0. The Balaban J connectivity index is 1.36. The lowest BCUT2D eigenvalue weighted by Gasteiger charge is -2.28. The van der Waals surface area contributed by atoms with Gasteiger partial charge in [0.15, 0.2) is 5.82 Å². The lowest BCUT2D eigenvalue weighted by atomic mass is 10.0. The van der Waals surface area contributed by atoms with Gasteiger partial charge in [0.05, 0.1) is 35.7 Å². The predicted octanol–water partition coefficient (Wildman–Crippen LogP) is 4.09. The number of imidazole rings is 1. The van der Waals surface area contributed by atoms with Crippen molar-refractivity contribution in [2.75, 3.05) is 24.5 Å². The van der Waals surface area contributed by atoms with Crippen LogP contribution in [-0.2, 0) is 4.79 Å². The lowest BCUT2D eigenvalue weighted by Crippen LogP contribution is -2.32. The zero-order valence-corrected chi connectivity index (χ0v) is 20.6. The Morgan fingerprint density at radius 3 is 2.81 bits per heavy atom. The van der Waals surface area contributed by atoms with Crippen molar-refractivity contribution in [2.45, 2.75) is 33.1 Å². The van der Waals surface area contributed by atoms with Crippen molar-refractivity contribution in [3.8, 4) is 11.5 Å². The molecule has 2 aliphatic heterocycles. The molecular formula is C27H30N8O. The van der Waals surface area contributed by atoms with E-state index in [-0.39, 0.29) is 11.8 Å². The van der Waals surface area contributed by atoms with Gasteiger partial charge in [0.1, 0.15) is 11.2 Å². The second kappa shape index (κ2) is 9.14. The van der Waals surface area contributed by atoms with Crippen LogP contribution in [0, 0.1) is 5.92 Å². The first kappa shape index (κ1) is 22.3. The fraction of sp³-hybridized carbons (Fsp3) is 0.333. The fourth-order valence-corrected chi connectivity index (χ4v) is 4.87. The van der Waals surface area contributed by atoms with Gasteiger partial charge in [-0.3, -0.25) is 14.9 Å². The molecule has 2 aliphatic rings. The highest BCUT2D eigenvalue weighted by Gasteiger charge is 2.20. The summed E-state index contributed by atoms with van der Waals surface area (Å²) in [6.07, 6.45) is 11.4. The van der Waals surface area contributed by atoms with Crippen LogP contribution in [0.3, 0.4) is 0 Å². The number of hydrogen-bond donors (Lipinski definition) is 4. The van der Waals surface area contributed by atoms with Crippen LogP contribution < -0.4 is 15.5 Å². The van der Waals surface area contributed by atoms with Crippen molar-refractivity contribution in [3.05, 3.63) is 54.1 Å². The van der Waals surface area contributed by atoms with Crippen LogP contribution in [0.4, 0.5) is 5.69 Å². The number of H-pyrrole nitrogens is 2. The monoisotopic (exact) mass is 482 g/mol. The molecule has 1 fully saturated rings. The Morgan fingerprint density at radius 2 is 1.97 bits per heavy atom. The van der Waals surface area contributed by atoms with E-state index in [1.54, 1.807) is 0 Å². The predicted molar refractivity (Wildman–Crippen MR) is 142 cm³/mol. The Bertz CT molecular complexity index is 1500. The van der Waals surface area contributed by atoms with Crippen LogP contribution >= 0.6 is 0 Å². The summed E-state index contributed by atoms with van der Waals surface area (Å²) in [5, 5.41) is 15.0. The highest BCUT2D eigenvalue weighted by Crippen LogP contribution is 2.32. The molecule has 0 aliphatic carbocycles. The van der Waals surface area contributed by atoms with E-state index in [9.17, 15) is 4.79 Å². The van der Waals surface area contributed by atoms with E-state index in [0.29, 0.717) is 6.54 Å². The molecule has 1 amide bonds. The van der Waals surface area contributed by atoms with Crippen molar-refractivity contribution >= 4 is 39.1 Å². The van der Waals surface area contributed by atoms with Gasteiger partial charge in [-0.05, 0) is 48.6 Å². The van der Waals surface area contributed by atoms with Crippen LogP contribution in [0.1, 0.15) is 38.7 Å². The SMILES string of the molecule is CC(C)C(=O)NC1=CC(c2ccc3[nH]nc(-c4nc5c(N6CCCCC6)cncc5[nH]4)c3c2)=CNC1. The zero-order valence-electron chi connectivity index (χ0n) is 20.6. The minimum atomic E-state index is -0.0699. The van der Waals surface area contributed by atoms with Gasteiger partial charge in [-0.25, -0.2) is 4.98 Å². The standard InChI is InChI=1S/C27H30N8O/c1-16(2)27(36)30-19-10-18(12-28-13-19)17-6-7-21-20(11-17)24(34-33-21)26-31-22-14-29-15-23(25(22)32-26)35-8-4-3-5-9-35/h6-7,10-12,14-16,28H,3-5,8-9,13H2,1-2H3,(H,30,36)(H,31,32)(H,33,34). The Kier molecular flexibility index (Phi) is 5.67. The van der Waals surface area contributed by atoms with Crippen LogP contribution in [-0.4, -0.2) is 50.7 Å². The number of hydrogen-bond acceptors (Lipinski definition) is 6. The van der Waals surface area contributed by atoms with Crippen molar-refractivity contribution in [1.82, 2.24) is 35.8 Å². The van der Waals surface area contributed by atoms with Crippen LogP contribution in [0.25, 0.3) is 39.0 Å². The minimum Gasteiger partial charge on any atom is -0.385 e. The summed E-state index contributed by atoms with van der Waals surface area (Å²) in [7, 11) is 0. The molecule has 0 radical (unpaired) electrons. The maximum atomic E-state index is 12.2. The van der Waals surface area contributed by atoms with Crippen molar-refractivity contribution in [2.24, 2.45) is 5.92 Å². The average molecular weight is 483 g/mol. The third kappa shape index (κ3) is 4.10. The Labute approximate surface area is 209 Å². The number of allylic oxidation sites excluding steroid dienone is 2. The number of aromatic amines is 2. The Hall–Kier alpha value is -4.14. The summed E-state index contributed by atoms with van der Waals surface area (Å²) in [6.45, 7) is 6.44. The van der Waals surface area contributed by atoms with Gasteiger partial charge in [0, 0.05) is 36.3 Å². The third-order valence-electron chi connectivity index (χ3n) is 6.88. The maximum absolute atomic E-state index is 12.2. The molecule has 0 bridgehead atoms. The number of amides is 1. The van der Waals surface area contributed by atoms with Gasteiger partial charge in [-0.1, -0.05) is 19.9 Å². The Morgan fingerprint density at radius 1 is 1.11 bits per heavy atom. The van der Waals surface area contributed by atoms with Crippen molar-refractivity contribution in [3.63, 3.8) is 0 Å².